The van der Waals surface area contributed by atoms with E-state index in [1.165, 1.54) is 41.5 Å². The lowest BCUT2D eigenvalue weighted by molar-refractivity contribution is -0.139. The molecule has 1 N–H and O–H groups in total. The number of thiophene rings is 1. The van der Waals surface area contributed by atoms with Crippen LogP contribution in [-0.4, -0.2) is 29.8 Å². The molecule has 0 radical (unpaired) electrons. The second-order valence-corrected chi connectivity index (χ2v) is 7.99. The molecule has 3 rings (SSSR count). The van der Waals surface area contributed by atoms with Gasteiger partial charge in [0, 0.05) is 20.0 Å². The molecule has 0 spiro atoms. The Morgan fingerprint density at radius 3 is 2.32 bits per heavy atom. The van der Waals surface area contributed by atoms with Crippen molar-refractivity contribution in [2.75, 3.05) is 7.05 Å². The van der Waals surface area contributed by atoms with E-state index in [0.29, 0.717) is 4.88 Å². The Labute approximate surface area is 182 Å². The zero-order chi connectivity index (χ0) is 22.4. The topological polar surface area (TPSA) is 49.4 Å². The molecule has 31 heavy (non-hydrogen) atoms. The Morgan fingerprint density at radius 2 is 1.68 bits per heavy atom. The van der Waals surface area contributed by atoms with Gasteiger partial charge in [-0.3, -0.25) is 9.59 Å². The number of hydrogen-bond donors (Lipinski definition) is 1. The molecule has 1 atom stereocenters. The van der Waals surface area contributed by atoms with Gasteiger partial charge >= 0.3 is 6.18 Å². The molecule has 0 aliphatic heterocycles. The van der Waals surface area contributed by atoms with Crippen LogP contribution < -0.4 is 5.32 Å². The minimum atomic E-state index is -4.52. The number of carbonyl (C=O) groups is 2. The molecule has 1 aromatic heterocycles. The van der Waals surface area contributed by atoms with Crippen LogP contribution in [0, 0.1) is 0 Å². The number of likely N-dealkylation sites (N-methyl/N-ethyl adjacent to an activating group) is 1. The third kappa shape index (κ3) is 5.95. The normalized spacial score (nSPS) is 12.3. The molecule has 8 heteroatoms. The quantitative estimate of drug-likeness (QED) is 0.569. The van der Waals surface area contributed by atoms with E-state index in [4.69, 9.17) is 0 Å². The number of amides is 2. The monoisotopic (exact) mass is 446 g/mol. The van der Waals surface area contributed by atoms with Crippen molar-refractivity contribution in [1.29, 1.82) is 0 Å². The lowest BCUT2D eigenvalue weighted by Gasteiger charge is -2.26. The average Bonchev–Trinajstić information content (AvgIpc) is 3.28. The van der Waals surface area contributed by atoms with Crippen LogP contribution in [0.4, 0.5) is 13.2 Å². The van der Waals surface area contributed by atoms with Crippen molar-refractivity contribution in [3.05, 3.63) is 93.7 Å². The van der Waals surface area contributed by atoms with Gasteiger partial charge in [-0.1, -0.05) is 54.6 Å². The molecule has 0 saturated carbocycles. The summed E-state index contributed by atoms with van der Waals surface area (Å²) in [7, 11) is 1.44. The molecule has 0 aliphatic carbocycles. The summed E-state index contributed by atoms with van der Waals surface area (Å²) in [4.78, 5) is 27.4. The van der Waals surface area contributed by atoms with E-state index in [1.807, 2.05) is 30.3 Å². The highest BCUT2D eigenvalue weighted by Crippen LogP contribution is 2.32. The van der Waals surface area contributed by atoms with Gasteiger partial charge in [0.05, 0.1) is 10.4 Å². The van der Waals surface area contributed by atoms with Gasteiger partial charge in [-0.2, -0.15) is 13.2 Å². The van der Waals surface area contributed by atoms with Crippen LogP contribution in [0.1, 0.15) is 26.4 Å². The number of hydrogen-bond acceptors (Lipinski definition) is 3. The van der Waals surface area contributed by atoms with E-state index >= 15 is 0 Å². The largest absolute Gasteiger partial charge is 0.416 e. The molecule has 0 saturated heterocycles. The molecule has 1 heterocycles. The number of benzene rings is 2. The molecule has 3 aromatic rings. The first kappa shape index (κ1) is 22.6. The van der Waals surface area contributed by atoms with Gasteiger partial charge in [-0.05, 0) is 28.6 Å². The van der Waals surface area contributed by atoms with E-state index in [-0.39, 0.29) is 18.5 Å². The Morgan fingerprint density at radius 1 is 1.00 bits per heavy atom. The van der Waals surface area contributed by atoms with Crippen LogP contribution in [0.25, 0.3) is 0 Å². The van der Waals surface area contributed by atoms with Gasteiger partial charge in [-0.15, -0.1) is 11.3 Å². The van der Waals surface area contributed by atoms with Gasteiger partial charge < -0.3 is 10.2 Å². The van der Waals surface area contributed by atoms with Gasteiger partial charge in [-0.25, -0.2) is 0 Å². The molecule has 0 bridgehead atoms. The fraction of sp³-hybridized carbons (Fsp3) is 0.217. The first-order valence-corrected chi connectivity index (χ1v) is 10.4. The van der Waals surface area contributed by atoms with Crippen LogP contribution in [0.2, 0.25) is 0 Å². The predicted molar refractivity (Wildman–Crippen MR) is 114 cm³/mol. The van der Waals surface area contributed by atoms with Crippen molar-refractivity contribution in [2.45, 2.75) is 25.2 Å². The second-order valence-electron chi connectivity index (χ2n) is 7.04. The number of nitrogens with zero attached hydrogens (tertiary/aromatic N) is 1. The summed E-state index contributed by atoms with van der Waals surface area (Å²) >= 11 is 1.24. The summed E-state index contributed by atoms with van der Waals surface area (Å²) < 4.78 is 39.9. The fourth-order valence-electron chi connectivity index (χ4n) is 3.22. The minimum Gasteiger partial charge on any atom is -0.340 e. The summed E-state index contributed by atoms with van der Waals surface area (Å²) in [5, 5.41) is 4.49. The van der Waals surface area contributed by atoms with Crippen molar-refractivity contribution in [3.63, 3.8) is 0 Å². The SMILES string of the molecule is CN(Cc1ccccc1C(F)(F)F)C(=O)[C@H](Cc1ccccc1)NC(=O)c1cccs1. The molecule has 0 fully saturated rings. The number of carbonyl (C=O) groups excluding carboxylic acids is 2. The molecular formula is C23H21F3N2O2S. The summed E-state index contributed by atoms with van der Waals surface area (Å²) in [6.45, 7) is -0.228. The molecule has 0 aliphatic rings. The molecular weight excluding hydrogens is 425 g/mol. The fourth-order valence-corrected chi connectivity index (χ4v) is 3.85. The van der Waals surface area contributed by atoms with E-state index in [2.05, 4.69) is 5.32 Å². The highest BCUT2D eigenvalue weighted by Gasteiger charge is 2.34. The molecule has 162 valence electrons. The van der Waals surface area contributed by atoms with Crippen LogP contribution in [0.3, 0.4) is 0 Å². The number of rotatable bonds is 7. The average molecular weight is 446 g/mol. The summed E-state index contributed by atoms with van der Waals surface area (Å²) in [6.07, 6.45) is -4.29. The standard InChI is InChI=1S/C23H21F3N2O2S/c1-28(15-17-10-5-6-11-18(17)23(24,25)26)22(30)19(14-16-8-3-2-4-9-16)27-21(29)20-12-7-13-31-20/h2-13,19H,14-15H2,1H3,(H,27,29)/t19-/m0/s1. The zero-order valence-electron chi connectivity index (χ0n) is 16.7. The van der Waals surface area contributed by atoms with Crippen LogP contribution in [-0.2, 0) is 23.9 Å². The predicted octanol–water partition coefficient (Wildman–Crippen LogP) is 4.77. The third-order valence-electron chi connectivity index (χ3n) is 4.74. The van der Waals surface area contributed by atoms with Crippen molar-refractivity contribution in [1.82, 2.24) is 10.2 Å². The molecule has 4 nitrogen and oxygen atoms in total. The van der Waals surface area contributed by atoms with E-state index < -0.39 is 29.6 Å². The van der Waals surface area contributed by atoms with E-state index in [1.54, 1.807) is 17.5 Å². The lowest BCUT2D eigenvalue weighted by Crippen LogP contribution is -2.48. The van der Waals surface area contributed by atoms with Crippen LogP contribution >= 0.6 is 11.3 Å². The summed E-state index contributed by atoms with van der Waals surface area (Å²) in [5.74, 6) is -0.862. The highest BCUT2D eigenvalue weighted by atomic mass is 32.1. The summed E-state index contributed by atoms with van der Waals surface area (Å²) in [6, 6.07) is 16.8. The number of nitrogens with one attached hydrogen (secondary N) is 1. The van der Waals surface area contributed by atoms with Crippen LogP contribution in [0.5, 0.6) is 0 Å². The van der Waals surface area contributed by atoms with E-state index in [0.717, 1.165) is 11.6 Å². The van der Waals surface area contributed by atoms with Crippen LogP contribution in [0.15, 0.2) is 72.1 Å². The third-order valence-corrected chi connectivity index (χ3v) is 5.61. The number of alkyl halides is 3. The molecule has 0 unspecified atom stereocenters. The molecule has 2 aromatic carbocycles. The highest BCUT2D eigenvalue weighted by molar-refractivity contribution is 7.12. The lowest BCUT2D eigenvalue weighted by atomic mass is 10.0. The molecule has 2 amide bonds. The maximum absolute atomic E-state index is 13.3. The van der Waals surface area contributed by atoms with Crippen molar-refractivity contribution < 1.29 is 22.8 Å². The number of halogens is 3. The maximum atomic E-state index is 13.3. The first-order chi connectivity index (χ1) is 14.8. The Hall–Kier alpha value is -3.13. The second kappa shape index (κ2) is 9.78. The van der Waals surface area contributed by atoms with Crippen molar-refractivity contribution >= 4 is 23.2 Å². The van der Waals surface area contributed by atoms with Gasteiger partial charge in [0.2, 0.25) is 5.91 Å². The maximum Gasteiger partial charge on any atom is 0.416 e. The van der Waals surface area contributed by atoms with Gasteiger partial charge in [0.15, 0.2) is 0 Å². The van der Waals surface area contributed by atoms with Crippen molar-refractivity contribution in [2.24, 2.45) is 0 Å². The Bertz CT molecular complexity index is 1020. The summed E-state index contributed by atoms with van der Waals surface area (Å²) in [5.41, 5.74) is 0.0437. The van der Waals surface area contributed by atoms with E-state index in [9.17, 15) is 22.8 Å². The van der Waals surface area contributed by atoms with Gasteiger partial charge in [0.25, 0.3) is 5.91 Å². The Balaban J connectivity index is 1.81. The van der Waals surface area contributed by atoms with Gasteiger partial charge in [0.1, 0.15) is 6.04 Å². The minimum absolute atomic E-state index is 0.00565. The Kier molecular flexibility index (Phi) is 7.12. The smallest absolute Gasteiger partial charge is 0.340 e. The van der Waals surface area contributed by atoms with Crippen molar-refractivity contribution in [3.8, 4) is 0 Å². The zero-order valence-corrected chi connectivity index (χ0v) is 17.5. The first-order valence-electron chi connectivity index (χ1n) is 9.54.